The number of aromatic nitrogens is 2. The van der Waals surface area contributed by atoms with E-state index in [1.165, 1.54) is 25.7 Å². The molecule has 2 aliphatic carbocycles. The third-order valence-corrected chi connectivity index (χ3v) is 4.17. The molecule has 1 heterocycles. The van der Waals surface area contributed by atoms with E-state index in [2.05, 4.69) is 26.8 Å². The largest absolute Gasteiger partial charge is 0.374 e. The Labute approximate surface area is 112 Å². The van der Waals surface area contributed by atoms with Gasteiger partial charge in [-0.3, -0.25) is 0 Å². The van der Waals surface area contributed by atoms with Gasteiger partial charge in [0.2, 0.25) is 0 Å². The average Bonchev–Trinajstić information content (AvgIpc) is 3.30. The fraction of sp³-hybridized carbons (Fsp3) is 0.643. The van der Waals surface area contributed by atoms with Gasteiger partial charge in [-0.05, 0) is 55.5 Å². The van der Waals surface area contributed by atoms with Crippen LogP contribution in [0.25, 0.3) is 5.70 Å². The molecule has 2 fully saturated rings. The monoisotopic (exact) mass is 261 g/mol. The molecule has 0 bridgehead atoms. The quantitative estimate of drug-likeness (QED) is 0.760. The van der Waals surface area contributed by atoms with Gasteiger partial charge in [-0.25, -0.2) is 4.63 Å². The summed E-state index contributed by atoms with van der Waals surface area (Å²) in [6.07, 6.45) is 6.04. The molecule has 5 heteroatoms. The highest BCUT2D eigenvalue weighted by Crippen LogP contribution is 2.50. The molecule has 1 unspecified atom stereocenters. The van der Waals surface area contributed by atoms with Crippen molar-refractivity contribution >= 4 is 12.0 Å². The van der Waals surface area contributed by atoms with Crippen LogP contribution < -0.4 is 5.32 Å². The van der Waals surface area contributed by atoms with Crippen molar-refractivity contribution in [1.82, 2.24) is 15.6 Å². The van der Waals surface area contributed by atoms with E-state index in [-0.39, 0.29) is 6.04 Å². The lowest BCUT2D eigenvalue weighted by atomic mass is 9.90. The number of nitrogens with zero attached hydrogens (tertiary/aromatic N) is 2. The summed E-state index contributed by atoms with van der Waals surface area (Å²) >= 11 is 0. The first-order chi connectivity index (χ1) is 9.20. The first kappa shape index (κ1) is 12.4. The van der Waals surface area contributed by atoms with Crippen molar-refractivity contribution in [3.63, 3.8) is 0 Å². The van der Waals surface area contributed by atoms with Crippen LogP contribution in [0.1, 0.15) is 37.1 Å². The van der Waals surface area contributed by atoms with E-state index in [0.29, 0.717) is 34.8 Å². The Balaban J connectivity index is 1.70. The smallest absolute Gasteiger partial charge is 0.153 e. The second-order valence-corrected chi connectivity index (χ2v) is 5.74. The summed E-state index contributed by atoms with van der Waals surface area (Å²) in [4.78, 5) is 11.4. The maximum absolute atomic E-state index is 11.4. The molecule has 5 nitrogen and oxygen atoms in total. The number of hydrogen-bond acceptors (Lipinski definition) is 5. The molecule has 2 aliphatic rings. The lowest BCUT2D eigenvalue weighted by Crippen LogP contribution is -2.38. The Kier molecular flexibility index (Phi) is 3.12. The van der Waals surface area contributed by atoms with Crippen LogP contribution in [0.15, 0.2) is 11.2 Å². The predicted octanol–water partition coefficient (Wildman–Crippen LogP) is 1.94. The van der Waals surface area contributed by atoms with E-state index in [4.69, 9.17) is 0 Å². The van der Waals surface area contributed by atoms with Crippen LogP contribution in [-0.4, -0.2) is 22.6 Å². The number of carbonyl (C=O) groups is 1. The van der Waals surface area contributed by atoms with E-state index in [0.717, 1.165) is 6.29 Å². The summed E-state index contributed by atoms with van der Waals surface area (Å²) in [5.41, 5.74) is 1.93. The van der Waals surface area contributed by atoms with Crippen LogP contribution in [0.2, 0.25) is 0 Å². The van der Waals surface area contributed by atoms with E-state index in [9.17, 15) is 4.79 Å². The van der Waals surface area contributed by atoms with E-state index >= 15 is 0 Å². The third-order valence-electron chi connectivity index (χ3n) is 4.17. The molecule has 1 N–H and O–H groups in total. The number of hydrogen-bond donors (Lipinski definition) is 1. The highest BCUT2D eigenvalue weighted by Gasteiger charge is 2.45. The summed E-state index contributed by atoms with van der Waals surface area (Å²) in [6.45, 7) is 5.77. The number of aldehydes is 1. The normalized spacial score (nSPS) is 20.3. The molecule has 0 amide bonds. The third kappa shape index (κ3) is 2.55. The fourth-order valence-corrected chi connectivity index (χ4v) is 2.93. The summed E-state index contributed by atoms with van der Waals surface area (Å²) in [7, 11) is 0. The van der Waals surface area contributed by atoms with Gasteiger partial charge < -0.3 is 10.1 Å². The highest BCUT2D eigenvalue weighted by molar-refractivity contribution is 5.67. The average molecular weight is 261 g/mol. The topological polar surface area (TPSA) is 68.0 Å². The van der Waals surface area contributed by atoms with Crippen LogP contribution in [0, 0.1) is 24.7 Å². The Bertz CT molecular complexity index is 477. The van der Waals surface area contributed by atoms with Crippen molar-refractivity contribution in [3.8, 4) is 0 Å². The maximum atomic E-state index is 11.4. The van der Waals surface area contributed by atoms with Crippen LogP contribution in [0.3, 0.4) is 0 Å². The molecule has 1 aromatic rings. The Morgan fingerprint density at radius 3 is 2.42 bits per heavy atom. The summed E-state index contributed by atoms with van der Waals surface area (Å²) in [5, 5.41) is 10.8. The Hall–Kier alpha value is -1.65. The van der Waals surface area contributed by atoms with E-state index < -0.39 is 0 Å². The Morgan fingerprint density at radius 2 is 2.00 bits per heavy atom. The zero-order valence-corrected chi connectivity index (χ0v) is 11.1. The van der Waals surface area contributed by atoms with E-state index in [1.54, 1.807) is 0 Å². The molecule has 0 aliphatic heterocycles. The fourth-order valence-electron chi connectivity index (χ4n) is 2.93. The minimum absolute atomic E-state index is 0.163. The van der Waals surface area contributed by atoms with Gasteiger partial charge >= 0.3 is 0 Å². The SMILES string of the molecule is C=C(NC(C=O)C(C1CC1)C1CC1)c1nonc1C. The van der Waals surface area contributed by atoms with Crippen LogP contribution in [-0.2, 0) is 4.79 Å². The Morgan fingerprint density at radius 1 is 1.37 bits per heavy atom. The molecule has 3 rings (SSSR count). The highest BCUT2D eigenvalue weighted by atomic mass is 16.6. The molecule has 2 saturated carbocycles. The van der Waals surface area contributed by atoms with Gasteiger partial charge in [-0.15, -0.1) is 0 Å². The van der Waals surface area contributed by atoms with Gasteiger partial charge in [-0.1, -0.05) is 11.7 Å². The van der Waals surface area contributed by atoms with Gasteiger partial charge in [0.05, 0.1) is 11.7 Å². The van der Waals surface area contributed by atoms with Crippen LogP contribution in [0.4, 0.5) is 0 Å². The number of carbonyl (C=O) groups excluding carboxylic acids is 1. The van der Waals surface area contributed by atoms with Gasteiger partial charge in [0.15, 0.2) is 5.69 Å². The second-order valence-electron chi connectivity index (χ2n) is 5.74. The first-order valence-electron chi connectivity index (χ1n) is 6.91. The van der Waals surface area contributed by atoms with Crippen molar-refractivity contribution < 1.29 is 9.42 Å². The number of nitrogens with one attached hydrogen (secondary N) is 1. The predicted molar refractivity (Wildman–Crippen MR) is 70.0 cm³/mol. The van der Waals surface area contributed by atoms with Crippen LogP contribution >= 0.6 is 0 Å². The lowest BCUT2D eigenvalue weighted by molar-refractivity contribution is -0.110. The molecule has 102 valence electrons. The van der Waals surface area contributed by atoms with E-state index in [1.807, 2.05) is 6.92 Å². The van der Waals surface area contributed by atoms with Crippen molar-refractivity contribution in [2.24, 2.45) is 17.8 Å². The van der Waals surface area contributed by atoms with Crippen molar-refractivity contribution in [3.05, 3.63) is 18.0 Å². The lowest BCUT2D eigenvalue weighted by Gasteiger charge is -2.25. The maximum Gasteiger partial charge on any atom is 0.153 e. The number of aryl methyl sites for hydroxylation is 1. The second kappa shape index (κ2) is 4.79. The zero-order chi connectivity index (χ0) is 13.4. The molecule has 1 atom stereocenters. The van der Waals surface area contributed by atoms with Gasteiger partial charge in [-0.2, -0.15) is 0 Å². The van der Waals surface area contributed by atoms with Crippen molar-refractivity contribution in [2.45, 2.75) is 38.6 Å². The summed E-state index contributed by atoms with van der Waals surface area (Å²) in [5.74, 6) is 1.87. The molecular weight excluding hydrogens is 242 g/mol. The van der Waals surface area contributed by atoms with Gasteiger partial charge in [0.25, 0.3) is 0 Å². The first-order valence-corrected chi connectivity index (χ1v) is 6.91. The van der Waals surface area contributed by atoms with Gasteiger partial charge in [0.1, 0.15) is 12.0 Å². The molecule has 0 radical (unpaired) electrons. The molecule has 19 heavy (non-hydrogen) atoms. The minimum Gasteiger partial charge on any atom is -0.374 e. The molecular formula is C14H19N3O2. The molecule has 1 aromatic heterocycles. The van der Waals surface area contributed by atoms with Crippen molar-refractivity contribution in [1.29, 1.82) is 0 Å². The zero-order valence-electron chi connectivity index (χ0n) is 11.1. The van der Waals surface area contributed by atoms with Crippen LogP contribution in [0.5, 0.6) is 0 Å². The summed E-state index contributed by atoms with van der Waals surface area (Å²) < 4.78 is 4.67. The molecule has 0 spiro atoms. The molecule has 0 aromatic carbocycles. The minimum atomic E-state index is -0.163. The van der Waals surface area contributed by atoms with Crippen molar-refractivity contribution in [2.75, 3.05) is 0 Å². The molecule has 0 saturated heterocycles. The standard InChI is InChI=1S/C14H19N3O2/c1-8(14-9(2)16-19-17-14)15-12(7-18)13(10-3-4-10)11-5-6-11/h7,10-13,15H,1,3-6H2,2H3. The number of rotatable bonds is 7. The van der Waals surface area contributed by atoms with Gasteiger partial charge in [0, 0.05) is 0 Å². The summed E-state index contributed by atoms with van der Waals surface area (Å²) in [6, 6.07) is -0.163.